The van der Waals surface area contributed by atoms with Crippen LogP contribution >= 0.6 is 23.1 Å². The van der Waals surface area contributed by atoms with Gasteiger partial charge in [0.2, 0.25) is 11.0 Å². The van der Waals surface area contributed by atoms with Crippen molar-refractivity contribution < 1.29 is 9.72 Å². The van der Waals surface area contributed by atoms with Gasteiger partial charge < -0.3 is 10.6 Å². The molecule has 8 nitrogen and oxygen atoms in total. The summed E-state index contributed by atoms with van der Waals surface area (Å²) in [5.41, 5.74) is 3.60. The van der Waals surface area contributed by atoms with Crippen molar-refractivity contribution >= 4 is 51.2 Å². The van der Waals surface area contributed by atoms with Crippen LogP contribution in [0.4, 0.5) is 22.2 Å². The van der Waals surface area contributed by atoms with Crippen LogP contribution in [-0.4, -0.2) is 26.8 Å². The van der Waals surface area contributed by atoms with Crippen molar-refractivity contribution in [2.45, 2.75) is 18.2 Å². The average molecular weight is 416 g/mol. The van der Waals surface area contributed by atoms with Crippen molar-refractivity contribution in [3.8, 4) is 0 Å². The van der Waals surface area contributed by atoms with Gasteiger partial charge in [0.1, 0.15) is 0 Å². The zero-order chi connectivity index (χ0) is 20.1. The fraction of sp³-hybridized carbons (Fsp3) is 0.167. The van der Waals surface area contributed by atoms with Gasteiger partial charge in [-0.1, -0.05) is 41.3 Å². The van der Waals surface area contributed by atoms with Gasteiger partial charge in [-0.3, -0.25) is 14.9 Å². The Kier molecular flexibility index (Phi) is 6.22. The molecule has 1 amide bonds. The molecule has 3 rings (SSSR count). The predicted octanol–water partition coefficient (Wildman–Crippen LogP) is 4.54. The van der Waals surface area contributed by atoms with Gasteiger partial charge in [-0.05, 0) is 37.1 Å². The first-order valence-electron chi connectivity index (χ1n) is 8.26. The number of hydrogen-bond acceptors (Lipinski definition) is 8. The number of nitrogens with one attached hydrogen (secondary N) is 2. The molecule has 0 radical (unpaired) electrons. The van der Waals surface area contributed by atoms with Crippen LogP contribution in [0.5, 0.6) is 0 Å². The topological polar surface area (TPSA) is 110 Å². The number of thioether (sulfide) groups is 1. The summed E-state index contributed by atoms with van der Waals surface area (Å²) in [7, 11) is 0. The molecule has 0 atom stereocenters. The Balaban J connectivity index is 1.55. The molecule has 10 heteroatoms. The van der Waals surface area contributed by atoms with Crippen LogP contribution in [0, 0.1) is 24.0 Å². The molecule has 0 saturated heterocycles. The smallest absolute Gasteiger partial charge is 0.271 e. The molecule has 28 heavy (non-hydrogen) atoms. The number of amides is 1. The third-order valence-electron chi connectivity index (χ3n) is 3.92. The number of rotatable bonds is 7. The molecular weight excluding hydrogens is 398 g/mol. The van der Waals surface area contributed by atoms with Gasteiger partial charge in [-0.2, -0.15) is 0 Å². The van der Waals surface area contributed by atoms with Crippen LogP contribution in [-0.2, 0) is 4.79 Å². The van der Waals surface area contributed by atoms with Crippen LogP contribution in [0.2, 0.25) is 0 Å². The van der Waals surface area contributed by atoms with Crippen LogP contribution < -0.4 is 10.6 Å². The first-order chi connectivity index (χ1) is 13.4. The molecule has 0 saturated carbocycles. The molecule has 0 bridgehead atoms. The molecule has 0 aliphatic carbocycles. The minimum absolute atomic E-state index is 0.0725. The molecule has 2 aromatic carbocycles. The zero-order valence-corrected chi connectivity index (χ0v) is 16.8. The number of nitro benzene ring substituents is 1. The molecular formula is C18H17N5O3S2. The van der Waals surface area contributed by atoms with E-state index in [1.807, 2.05) is 32.0 Å². The first-order valence-corrected chi connectivity index (χ1v) is 10.1. The van der Waals surface area contributed by atoms with Gasteiger partial charge in [0.25, 0.3) is 5.69 Å². The minimum atomic E-state index is -0.504. The molecule has 1 heterocycles. The average Bonchev–Trinajstić information content (AvgIpc) is 3.11. The summed E-state index contributed by atoms with van der Waals surface area (Å²) in [6, 6.07) is 11.8. The highest BCUT2D eigenvalue weighted by molar-refractivity contribution is 8.01. The summed E-state index contributed by atoms with van der Waals surface area (Å²) in [5, 5.41) is 25.5. The standard InChI is InChI=1S/C18H17N5O3S2/c1-11-5-3-8-15(12(11)2)20-17-21-22-18(28-17)27-10-16(24)19-13-6-4-7-14(9-13)23(25)26/h3-9H,10H2,1-2H3,(H,19,24)(H,20,21). The van der Waals surface area contributed by atoms with Crippen molar-refractivity contribution in [1.82, 2.24) is 10.2 Å². The van der Waals surface area contributed by atoms with E-state index in [9.17, 15) is 14.9 Å². The lowest BCUT2D eigenvalue weighted by molar-refractivity contribution is -0.384. The lowest BCUT2D eigenvalue weighted by Crippen LogP contribution is -2.14. The molecule has 3 aromatic rings. The number of anilines is 3. The van der Waals surface area contributed by atoms with Crippen molar-refractivity contribution in [3.05, 3.63) is 63.7 Å². The number of nitro groups is 1. The molecule has 2 N–H and O–H groups in total. The number of hydrogen-bond donors (Lipinski definition) is 2. The maximum Gasteiger partial charge on any atom is 0.271 e. The summed E-state index contributed by atoms with van der Waals surface area (Å²) < 4.78 is 0.655. The SMILES string of the molecule is Cc1cccc(Nc2nnc(SCC(=O)Nc3cccc([N+](=O)[O-])c3)s2)c1C. The largest absolute Gasteiger partial charge is 0.330 e. The fourth-order valence-electron chi connectivity index (χ4n) is 2.34. The second kappa shape index (κ2) is 8.81. The summed E-state index contributed by atoms with van der Waals surface area (Å²) in [6.45, 7) is 4.08. The van der Waals surface area contributed by atoms with E-state index in [0.29, 0.717) is 15.2 Å². The number of carbonyl (C=O) groups excluding carboxylic acids is 1. The molecule has 1 aromatic heterocycles. The number of nitrogens with zero attached hydrogens (tertiary/aromatic N) is 3. The summed E-state index contributed by atoms with van der Waals surface area (Å²) in [6.07, 6.45) is 0. The number of non-ortho nitro benzene ring substituents is 1. The minimum Gasteiger partial charge on any atom is -0.330 e. The summed E-state index contributed by atoms with van der Waals surface area (Å²) >= 11 is 2.61. The van der Waals surface area contributed by atoms with E-state index in [2.05, 4.69) is 20.8 Å². The predicted molar refractivity (Wildman–Crippen MR) is 112 cm³/mol. The Labute approximate surface area is 169 Å². The third kappa shape index (κ3) is 5.05. The van der Waals surface area contributed by atoms with Crippen LogP contribution in [0.3, 0.4) is 0 Å². The van der Waals surface area contributed by atoms with Crippen molar-refractivity contribution in [2.24, 2.45) is 0 Å². The number of carbonyl (C=O) groups is 1. The first kappa shape index (κ1) is 19.8. The quantitative estimate of drug-likeness (QED) is 0.331. The Morgan fingerprint density at radius 3 is 2.79 bits per heavy atom. The lowest BCUT2D eigenvalue weighted by atomic mass is 10.1. The van der Waals surface area contributed by atoms with Crippen LogP contribution in [0.1, 0.15) is 11.1 Å². The molecule has 0 aliphatic rings. The number of aromatic nitrogens is 2. The zero-order valence-electron chi connectivity index (χ0n) is 15.1. The summed E-state index contributed by atoms with van der Waals surface area (Å²) in [5.74, 6) is -0.148. The number of benzene rings is 2. The second-order valence-electron chi connectivity index (χ2n) is 5.89. The monoisotopic (exact) mass is 415 g/mol. The van der Waals surface area contributed by atoms with E-state index in [4.69, 9.17) is 0 Å². The maximum absolute atomic E-state index is 12.1. The van der Waals surface area contributed by atoms with Gasteiger partial charge in [0.15, 0.2) is 4.34 Å². The van der Waals surface area contributed by atoms with Gasteiger partial charge >= 0.3 is 0 Å². The van der Waals surface area contributed by atoms with Gasteiger partial charge in [-0.15, -0.1) is 10.2 Å². The normalized spacial score (nSPS) is 10.5. The maximum atomic E-state index is 12.1. The lowest BCUT2D eigenvalue weighted by Gasteiger charge is -2.08. The summed E-state index contributed by atoms with van der Waals surface area (Å²) in [4.78, 5) is 22.4. The van der Waals surface area contributed by atoms with Crippen molar-refractivity contribution in [3.63, 3.8) is 0 Å². The van der Waals surface area contributed by atoms with E-state index < -0.39 is 4.92 Å². The Morgan fingerprint density at radius 2 is 2.00 bits per heavy atom. The molecule has 0 unspecified atom stereocenters. The van der Waals surface area contributed by atoms with E-state index in [-0.39, 0.29) is 17.3 Å². The number of aryl methyl sites for hydroxylation is 1. The highest BCUT2D eigenvalue weighted by Crippen LogP contribution is 2.29. The highest BCUT2D eigenvalue weighted by atomic mass is 32.2. The van der Waals surface area contributed by atoms with E-state index in [1.54, 1.807) is 6.07 Å². The van der Waals surface area contributed by atoms with Gasteiger partial charge in [0, 0.05) is 23.5 Å². The second-order valence-corrected chi connectivity index (χ2v) is 8.09. The van der Waals surface area contributed by atoms with E-state index in [0.717, 1.165) is 11.3 Å². The Hall–Kier alpha value is -2.98. The van der Waals surface area contributed by atoms with Crippen molar-refractivity contribution in [2.75, 3.05) is 16.4 Å². The van der Waals surface area contributed by atoms with Gasteiger partial charge in [-0.25, -0.2) is 0 Å². The van der Waals surface area contributed by atoms with E-state index >= 15 is 0 Å². The molecule has 144 valence electrons. The molecule has 0 spiro atoms. The third-order valence-corrected chi connectivity index (χ3v) is 5.89. The van der Waals surface area contributed by atoms with E-state index in [1.165, 1.54) is 46.9 Å². The van der Waals surface area contributed by atoms with Crippen LogP contribution in [0.25, 0.3) is 0 Å². The Morgan fingerprint density at radius 1 is 1.21 bits per heavy atom. The molecule has 0 aliphatic heterocycles. The van der Waals surface area contributed by atoms with Crippen LogP contribution in [0.15, 0.2) is 46.8 Å². The highest BCUT2D eigenvalue weighted by Gasteiger charge is 2.11. The Bertz CT molecular complexity index is 1020. The fourth-order valence-corrected chi connectivity index (χ4v) is 3.91. The molecule has 0 fully saturated rings. The van der Waals surface area contributed by atoms with Crippen molar-refractivity contribution in [1.29, 1.82) is 0 Å². The van der Waals surface area contributed by atoms with Gasteiger partial charge in [0.05, 0.1) is 10.7 Å².